The summed E-state index contributed by atoms with van der Waals surface area (Å²) in [6.45, 7) is 4.67. The SMILES string of the molecule is CC1CCC23CCC(C(C)C2O)C3C1. The van der Waals surface area contributed by atoms with Gasteiger partial charge in [-0.3, -0.25) is 0 Å². The fourth-order valence-corrected chi connectivity index (χ4v) is 4.94. The first kappa shape index (κ1) is 9.21. The van der Waals surface area contributed by atoms with Crippen LogP contribution in [-0.4, -0.2) is 11.2 Å². The summed E-state index contributed by atoms with van der Waals surface area (Å²) in [6.07, 6.45) is 6.80. The number of hydrogen-bond donors (Lipinski definition) is 1. The Morgan fingerprint density at radius 3 is 2.64 bits per heavy atom. The van der Waals surface area contributed by atoms with Gasteiger partial charge in [0, 0.05) is 0 Å². The lowest BCUT2D eigenvalue weighted by atomic mass is 9.65. The molecule has 0 aliphatic heterocycles. The maximum atomic E-state index is 10.4. The predicted octanol–water partition coefficient (Wildman–Crippen LogP) is 2.83. The Hall–Kier alpha value is -0.0400. The zero-order chi connectivity index (χ0) is 9.92. The van der Waals surface area contributed by atoms with E-state index < -0.39 is 0 Å². The van der Waals surface area contributed by atoms with Gasteiger partial charge in [0.05, 0.1) is 6.10 Å². The third-order valence-corrected chi connectivity index (χ3v) is 5.72. The standard InChI is InChI=1S/C13H22O/c1-8-3-5-13-6-4-10(11(13)7-8)9(2)12(13)14/h8-12,14H,3-7H2,1-2H3. The summed E-state index contributed by atoms with van der Waals surface area (Å²) in [5.74, 6) is 3.22. The van der Waals surface area contributed by atoms with Gasteiger partial charge < -0.3 is 5.11 Å². The van der Waals surface area contributed by atoms with Gasteiger partial charge in [-0.05, 0) is 54.8 Å². The zero-order valence-corrected chi connectivity index (χ0v) is 9.37. The van der Waals surface area contributed by atoms with Gasteiger partial charge in [0.2, 0.25) is 0 Å². The van der Waals surface area contributed by atoms with Crippen LogP contribution in [0.25, 0.3) is 0 Å². The minimum absolute atomic E-state index is 0.0266. The maximum Gasteiger partial charge on any atom is 0.0627 e. The molecule has 0 aromatic carbocycles. The summed E-state index contributed by atoms with van der Waals surface area (Å²) in [7, 11) is 0. The van der Waals surface area contributed by atoms with E-state index in [0.29, 0.717) is 11.3 Å². The third-order valence-electron chi connectivity index (χ3n) is 5.72. The molecule has 0 amide bonds. The van der Waals surface area contributed by atoms with Crippen molar-refractivity contribution in [1.29, 1.82) is 0 Å². The van der Waals surface area contributed by atoms with Crippen molar-refractivity contribution in [1.82, 2.24) is 0 Å². The van der Waals surface area contributed by atoms with Crippen molar-refractivity contribution in [2.75, 3.05) is 0 Å². The lowest BCUT2D eigenvalue weighted by Gasteiger charge is -2.42. The second kappa shape index (κ2) is 2.75. The summed E-state index contributed by atoms with van der Waals surface area (Å²) in [6, 6.07) is 0. The van der Waals surface area contributed by atoms with Crippen LogP contribution in [0.5, 0.6) is 0 Å². The van der Waals surface area contributed by atoms with Gasteiger partial charge in [0.15, 0.2) is 0 Å². The van der Waals surface area contributed by atoms with Crippen molar-refractivity contribution in [3.05, 3.63) is 0 Å². The van der Waals surface area contributed by atoms with Gasteiger partial charge in [-0.2, -0.15) is 0 Å². The molecule has 0 radical (unpaired) electrons. The summed E-state index contributed by atoms with van der Waals surface area (Å²) in [5, 5.41) is 10.4. The molecule has 0 aromatic heterocycles. The Morgan fingerprint density at radius 2 is 1.86 bits per heavy atom. The molecule has 80 valence electrons. The molecule has 2 bridgehead atoms. The first-order valence-electron chi connectivity index (χ1n) is 6.33. The Bertz CT molecular complexity index is 250. The van der Waals surface area contributed by atoms with Crippen LogP contribution < -0.4 is 0 Å². The molecule has 0 saturated heterocycles. The number of aliphatic hydroxyl groups excluding tert-OH is 1. The fourth-order valence-electron chi connectivity index (χ4n) is 4.94. The first-order valence-corrected chi connectivity index (χ1v) is 6.33. The monoisotopic (exact) mass is 194 g/mol. The van der Waals surface area contributed by atoms with Gasteiger partial charge in [-0.25, -0.2) is 0 Å². The van der Waals surface area contributed by atoms with Crippen LogP contribution in [0.1, 0.15) is 46.0 Å². The number of hydrogen-bond acceptors (Lipinski definition) is 1. The molecule has 1 N–H and O–H groups in total. The topological polar surface area (TPSA) is 20.2 Å². The van der Waals surface area contributed by atoms with Crippen LogP contribution in [0.2, 0.25) is 0 Å². The van der Waals surface area contributed by atoms with Crippen LogP contribution in [0.3, 0.4) is 0 Å². The summed E-state index contributed by atoms with van der Waals surface area (Å²) < 4.78 is 0. The summed E-state index contributed by atoms with van der Waals surface area (Å²) in [4.78, 5) is 0. The second-order valence-electron chi connectivity index (χ2n) is 6.23. The smallest absolute Gasteiger partial charge is 0.0627 e. The molecule has 3 rings (SSSR count). The molecule has 14 heavy (non-hydrogen) atoms. The Morgan fingerprint density at radius 1 is 1.14 bits per heavy atom. The normalized spacial score (nSPS) is 61.5. The number of aliphatic hydroxyl groups is 1. The molecule has 3 fully saturated rings. The van der Waals surface area contributed by atoms with E-state index in [2.05, 4.69) is 13.8 Å². The molecule has 0 spiro atoms. The lowest BCUT2D eigenvalue weighted by Crippen LogP contribution is -2.39. The fraction of sp³-hybridized carbons (Fsp3) is 1.00. The van der Waals surface area contributed by atoms with Gasteiger partial charge in [0.1, 0.15) is 0 Å². The second-order valence-corrected chi connectivity index (χ2v) is 6.23. The number of rotatable bonds is 0. The summed E-state index contributed by atoms with van der Waals surface area (Å²) >= 11 is 0. The van der Waals surface area contributed by atoms with E-state index in [1.54, 1.807) is 0 Å². The highest BCUT2D eigenvalue weighted by Crippen LogP contribution is 2.66. The minimum Gasteiger partial charge on any atom is -0.392 e. The average Bonchev–Trinajstić information content (AvgIpc) is 2.62. The quantitative estimate of drug-likeness (QED) is 0.628. The van der Waals surface area contributed by atoms with E-state index >= 15 is 0 Å². The molecule has 0 aromatic rings. The van der Waals surface area contributed by atoms with Crippen molar-refractivity contribution in [3.63, 3.8) is 0 Å². The molecule has 6 unspecified atom stereocenters. The highest BCUT2D eigenvalue weighted by Gasteiger charge is 2.62. The first-order chi connectivity index (χ1) is 6.65. The van der Waals surface area contributed by atoms with E-state index in [-0.39, 0.29) is 6.10 Å². The van der Waals surface area contributed by atoms with Crippen LogP contribution in [-0.2, 0) is 0 Å². The van der Waals surface area contributed by atoms with Gasteiger partial charge in [0.25, 0.3) is 0 Å². The van der Waals surface area contributed by atoms with Crippen molar-refractivity contribution in [2.24, 2.45) is 29.1 Å². The molecule has 3 aliphatic rings. The molecular weight excluding hydrogens is 172 g/mol. The molecule has 1 nitrogen and oxygen atoms in total. The predicted molar refractivity (Wildman–Crippen MR) is 56.8 cm³/mol. The van der Waals surface area contributed by atoms with E-state index in [9.17, 15) is 5.11 Å². The Balaban J connectivity index is 1.95. The van der Waals surface area contributed by atoms with Gasteiger partial charge in [-0.15, -0.1) is 0 Å². The van der Waals surface area contributed by atoms with Gasteiger partial charge >= 0.3 is 0 Å². The van der Waals surface area contributed by atoms with Crippen molar-refractivity contribution < 1.29 is 5.11 Å². The van der Waals surface area contributed by atoms with Gasteiger partial charge in [-0.1, -0.05) is 20.3 Å². The van der Waals surface area contributed by atoms with E-state index in [0.717, 1.165) is 17.8 Å². The maximum absolute atomic E-state index is 10.4. The van der Waals surface area contributed by atoms with E-state index in [1.807, 2.05) is 0 Å². The van der Waals surface area contributed by atoms with Crippen molar-refractivity contribution in [3.8, 4) is 0 Å². The van der Waals surface area contributed by atoms with E-state index in [1.165, 1.54) is 32.1 Å². The van der Waals surface area contributed by atoms with Crippen LogP contribution in [0, 0.1) is 29.1 Å². The van der Waals surface area contributed by atoms with Crippen LogP contribution in [0.15, 0.2) is 0 Å². The lowest BCUT2D eigenvalue weighted by molar-refractivity contribution is -0.0270. The molecule has 1 heteroatoms. The summed E-state index contributed by atoms with van der Waals surface area (Å²) in [5.41, 5.74) is 0.372. The Kier molecular flexibility index (Phi) is 1.81. The zero-order valence-electron chi connectivity index (χ0n) is 9.37. The third kappa shape index (κ3) is 0.900. The molecule has 3 aliphatic carbocycles. The van der Waals surface area contributed by atoms with Crippen LogP contribution in [0.4, 0.5) is 0 Å². The molecule has 3 saturated carbocycles. The van der Waals surface area contributed by atoms with Crippen LogP contribution >= 0.6 is 0 Å². The van der Waals surface area contributed by atoms with Crippen molar-refractivity contribution >= 4 is 0 Å². The average molecular weight is 194 g/mol. The van der Waals surface area contributed by atoms with Crippen molar-refractivity contribution in [2.45, 2.75) is 52.1 Å². The molecular formula is C13H22O. The minimum atomic E-state index is 0.0266. The highest BCUT2D eigenvalue weighted by atomic mass is 16.3. The molecule has 6 atom stereocenters. The van der Waals surface area contributed by atoms with E-state index in [4.69, 9.17) is 0 Å². The highest BCUT2D eigenvalue weighted by molar-refractivity contribution is 5.12. The molecule has 0 heterocycles. The Labute approximate surface area is 86.9 Å². The largest absolute Gasteiger partial charge is 0.392 e.